The van der Waals surface area contributed by atoms with Crippen molar-refractivity contribution in [2.75, 3.05) is 31.6 Å². The zero-order chi connectivity index (χ0) is 15.0. The molecule has 1 atom stereocenters. The van der Waals surface area contributed by atoms with Crippen molar-refractivity contribution >= 4 is 5.69 Å². The normalized spacial score (nSPS) is 14.1. The van der Waals surface area contributed by atoms with Crippen molar-refractivity contribution < 1.29 is 0 Å². The van der Waals surface area contributed by atoms with E-state index < -0.39 is 0 Å². The predicted octanol–water partition coefficient (Wildman–Crippen LogP) is 4.10. The highest BCUT2D eigenvalue weighted by Gasteiger charge is 2.24. The molecule has 0 saturated heterocycles. The average molecular weight is 276 g/mol. The number of hydrogen-bond acceptors (Lipinski definition) is 2. The van der Waals surface area contributed by atoms with E-state index in [1.807, 2.05) is 0 Å². The molecule has 0 amide bonds. The van der Waals surface area contributed by atoms with Gasteiger partial charge in [-0.05, 0) is 42.5 Å². The van der Waals surface area contributed by atoms with Crippen molar-refractivity contribution in [2.45, 2.75) is 47.0 Å². The Hall–Kier alpha value is -1.02. The predicted molar refractivity (Wildman–Crippen MR) is 90.6 cm³/mol. The highest BCUT2D eigenvalue weighted by atomic mass is 15.1. The van der Waals surface area contributed by atoms with Gasteiger partial charge in [0.2, 0.25) is 0 Å². The van der Waals surface area contributed by atoms with Gasteiger partial charge < -0.3 is 10.2 Å². The average Bonchev–Trinajstić information content (AvgIpc) is 2.45. The molecule has 0 aromatic heterocycles. The van der Waals surface area contributed by atoms with E-state index >= 15 is 0 Å². The summed E-state index contributed by atoms with van der Waals surface area (Å²) in [5.41, 5.74) is 3.07. The van der Waals surface area contributed by atoms with Crippen LogP contribution < -0.4 is 10.2 Å². The molecule has 0 fully saturated rings. The lowest BCUT2D eigenvalue weighted by molar-refractivity contribution is 0.286. The van der Waals surface area contributed by atoms with Gasteiger partial charge in [0.1, 0.15) is 0 Å². The standard InChI is InChI=1S/C18H32N2/c1-6-13-18(4,14-19-8-3)15-20(5)17-11-9-16(7-2)10-12-17/h9-12,19H,6-8,13-15H2,1-5H3. The SMILES string of the molecule is CCCC(C)(CNCC)CN(C)c1ccc(CC)cc1. The van der Waals surface area contributed by atoms with Gasteiger partial charge in [0.05, 0.1) is 0 Å². The molecule has 114 valence electrons. The summed E-state index contributed by atoms with van der Waals surface area (Å²) in [6.45, 7) is 12.3. The van der Waals surface area contributed by atoms with Crippen LogP contribution in [0, 0.1) is 5.41 Å². The number of hydrogen-bond donors (Lipinski definition) is 1. The molecule has 0 radical (unpaired) electrons. The second-order valence-corrected chi connectivity index (χ2v) is 6.22. The van der Waals surface area contributed by atoms with Crippen LogP contribution in [0.15, 0.2) is 24.3 Å². The minimum absolute atomic E-state index is 0.336. The maximum absolute atomic E-state index is 3.52. The third-order valence-corrected chi connectivity index (χ3v) is 4.06. The molecule has 1 rings (SSSR count). The quantitative estimate of drug-likeness (QED) is 0.730. The summed E-state index contributed by atoms with van der Waals surface area (Å²) in [6.07, 6.45) is 3.61. The van der Waals surface area contributed by atoms with Crippen molar-refractivity contribution in [3.8, 4) is 0 Å². The van der Waals surface area contributed by atoms with E-state index in [-0.39, 0.29) is 0 Å². The maximum atomic E-state index is 3.52. The fourth-order valence-electron chi connectivity index (χ4n) is 2.90. The van der Waals surface area contributed by atoms with E-state index in [1.54, 1.807) is 0 Å². The number of benzene rings is 1. The van der Waals surface area contributed by atoms with Crippen LogP contribution in [0.1, 0.15) is 46.1 Å². The zero-order valence-electron chi connectivity index (χ0n) is 14.0. The summed E-state index contributed by atoms with van der Waals surface area (Å²) < 4.78 is 0. The number of rotatable bonds is 9. The van der Waals surface area contributed by atoms with Crippen molar-refractivity contribution in [1.82, 2.24) is 5.32 Å². The summed E-state index contributed by atoms with van der Waals surface area (Å²) in [4.78, 5) is 2.40. The van der Waals surface area contributed by atoms with Crippen LogP contribution in [0.4, 0.5) is 5.69 Å². The zero-order valence-corrected chi connectivity index (χ0v) is 14.0. The Kier molecular flexibility index (Phi) is 7.08. The van der Waals surface area contributed by atoms with E-state index in [1.165, 1.54) is 24.1 Å². The lowest BCUT2D eigenvalue weighted by Crippen LogP contribution is -2.41. The van der Waals surface area contributed by atoms with Crippen molar-refractivity contribution in [1.29, 1.82) is 0 Å². The van der Waals surface area contributed by atoms with Gasteiger partial charge in [-0.1, -0.05) is 46.2 Å². The third kappa shape index (κ3) is 5.16. The van der Waals surface area contributed by atoms with E-state index in [4.69, 9.17) is 0 Å². The summed E-state index contributed by atoms with van der Waals surface area (Å²) in [7, 11) is 2.21. The lowest BCUT2D eigenvalue weighted by Gasteiger charge is -2.35. The van der Waals surface area contributed by atoms with Gasteiger partial charge in [0, 0.05) is 25.8 Å². The molecule has 1 aromatic rings. The molecule has 0 aliphatic rings. The molecule has 0 aliphatic carbocycles. The Morgan fingerprint density at radius 2 is 1.75 bits per heavy atom. The van der Waals surface area contributed by atoms with E-state index in [0.29, 0.717) is 5.41 Å². The summed E-state index contributed by atoms with van der Waals surface area (Å²) in [5.74, 6) is 0. The van der Waals surface area contributed by atoms with Crippen LogP contribution in [-0.4, -0.2) is 26.7 Å². The molecule has 1 N–H and O–H groups in total. The fourth-order valence-corrected chi connectivity index (χ4v) is 2.90. The van der Waals surface area contributed by atoms with Gasteiger partial charge in [0.15, 0.2) is 0 Å². The molecule has 0 aliphatic heterocycles. The van der Waals surface area contributed by atoms with E-state index in [0.717, 1.165) is 26.1 Å². The minimum atomic E-state index is 0.336. The molecule has 2 nitrogen and oxygen atoms in total. The van der Waals surface area contributed by atoms with Crippen LogP contribution in [-0.2, 0) is 6.42 Å². The van der Waals surface area contributed by atoms with Gasteiger partial charge >= 0.3 is 0 Å². The largest absolute Gasteiger partial charge is 0.374 e. The van der Waals surface area contributed by atoms with Crippen LogP contribution in [0.3, 0.4) is 0 Å². The smallest absolute Gasteiger partial charge is 0.0363 e. The van der Waals surface area contributed by atoms with Crippen LogP contribution >= 0.6 is 0 Å². The van der Waals surface area contributed by atoms with Crippen molar-refractivity contribution in [2.24, 2.45) is 5.41 Å². The van der Waals surface area contributed by atoms with Gasteiger partial charge in [-0.15, -0.1) is 0 Å². The summed E-state index contributed by atoms with van der Waals surface area (Å²) in [6, 6.07) is 8.98. The summed E-state index contributed by atoms with van der Waals surface area (Å²) in [5, 5.41) is 3.52. The Balaban J connectivity index is 2.70. The monoisotopic (exact) mass is 276 g/mol. The lowest BCUT2D eigenvalue weighted by atomic mass is 9.84. The maximum Gasteiger partial charge on any atom is 0.0363 e. The Labute approximate surface area is 125 Å². The number of anilines is 1. The fraction of sp³-hybridized carbons (Fsp3) is 0.667. The van der Waals surface area contributed by atoms with Crippen LogP contribution in [0.2, 0.25) is 0 Å². The molecule has 1 unspecified atom stereocenters. The Morgan fingerprint density at radius 1 is 1.10 bits per heavy atom. The number of nitrogens with zero attached hydrogens (tertiary/aromatic N) is 1. The second kappa shape index (κ2) is 8.31. The molecule has 0 saturated carbocycles. The van der Waals surface area contributed by atoms with Gasteiger partial charge in [-0.25, -0.2) is 0 Å². The molecule has 20 heavy (non-hydrogen) atoms. The molecule has 0 bridgehead atoms. The molecule has 2 heteroatoms. The molecular formula is C18H32N2. The minimum Gasteiger partial charge on any atom is -0.374 e. The number of nitrogens with one attached hydrogen (secondary N) is 1. The Morgan fingerprint density at radius 3 is 2.25 bits per heavy atom. The molecular weight excluding hydrogens is 244 g/mol. The first-order chi connectivity index (χ1) is 9.54. The van der Waals surface area contributed by atoms with Crippen molar-refractivity contribution in [3.05, 3.63) is 29.8 Å². The highest BCUT2D eigenvalue weighted by molar-refractivity contribution is 5.47. The molecule has 0 heterocycles. The first-order valence-corrected chi connectivity index (χ1v) is 8.05. The van der Waals surface area contributed by atoms with Crippen LogP contribution in [0.5, 0.6) is 0 Å². The van der Waals surface area contributed by atoms with E-state index in [2.05, 4.69) is 69.2 Å². The molecule has 0 spiro atoms. The second-order valence-electron chi connectivity index (χ2n) is 6.22. The van der Waals surface area contributed by atoms with Crippen LogP contribution in [0.25, 0.3) is 0 Å². The highest BCUT2D eigenvalue weighted by Crippen LogP contribution is 2.26. The van der Waals surface area contributed by atoms with Gasteiger partial charge in [-0.2, -0.15) is 0 Å². The summed E-state index contributed by atoms with van der Waals surface area (Å²) >= 11 is 0. The number of aryl methyl sites for hydroxylation is 1. The van der Waals surface area contributed by atoms with E-state index in [9.17, 15) is 0 Å². The molecule has 1 aromatic carbocycles. The third-order valence-electron chi connectivity index (χ3n) is 4.06. The topological polar surface area (TPSA) is 15.3 Å². The Bertz CT molecular complexity index is 372. The first-order valence-electron chi connectivity index (χ1n) is 8.05. The van der Waals surface area contributed by atoms with Crippen molar-refractivity contribution in [3.63, 3.8) is 0 Å². The van der Waals surface area contributed by atoms with Gasteiger partial charge in [0.25, 0.3) is 0 Å². The first kappa shape index (κ1) is 17.0. The van der Waals surface area contributed by atoms with Gasteiger partial charge in [-0.3, -0.25) is 0 Å².